The van der Waals surface area contributed by atoms with Crippen LogP contribution in [0.25, 0.3) is 0 Å². The van der Waals surface area contributed by atoms with Crippen LogP contribution in [0, 0.1) is 11.8 Å². The predicted octanol–water partition coefficient (Wildman–Crippen LogP) is 4.10. The molecule has 2 atom stereocenters. The third-order valence-electron chi connectivity index (χ3n) is 6.77. The summed E-state index contributed by atoms with van der Waals surface area (Å²) in [5, 5.41) is 3.48. The van der Waals surface area contributed by atoms with Gasteiger partial charge in [0, 0.05) is 23.5 Å². The van der Waals surface area contributed by atoms with E-state index < -0.39 is 0 Å². The largest absolute Gasteiger partial charge is 0.347 e. The molecule has 2 unspecified atom stereocenters. The number of benzene rings is 1. The first kappa shape index (κ1) is 15.1. The van der Waals surface area contributed by atoms with Crippen molar-refractivity contribution in [1.82, 2.24) is 10.3 Å². The van der Waals surface area contributed by atoms with Crippen LogP contribution in [0.5, 0.6) is 0 Å². The van der Waals surface area contributed by atoms with Crippen LogP contribution in [0.3, 0.4) is 0 Å². The molecule has 1 amide bonds. The van der Waals surface area contributed by atoms with Crippen molar-refractivity contribution in [3.8, 4) is 0 Å². The van der Waals surface area contributed by atoms with Gasteiger partial charge in [0.05, 0.1) is 0 Å². The predicted molar refractivity (Wildman–Crippen MR) is 97.2 cm³/mol. The van der Waals surface area contributed by atoms with Crippen molar-refractivity contribution in [2.45, 2.75) is 49.5 Å². The molecule has 4 saturated carbocycles. The van der Waals surface area contributed by atoms with Crippen LogP contribution in [0.4, 0.5) is 0 Å². The Bertz CT molecular complexity index is 772. The highest BCUT2D eigenvalue weighted by Crippen LogP contribution is 2.62. The number of nitrogens with one attached hydrogen (secondary N) is 1. The molecule has 128 valence electrons. The quantitative estimate of drug-likeness (QED) is 0.919. The summed E-state index contributed by atoms with van der Waals surface area (Å²) in [5.74, 6) is 1.57. The van der Waals surface area contributed by atoms with Gasteiger partial charge < -0.3 is 5.32 Å². The summed E-state index contributed by atoms with van der Waals surface area (Å²) in [6.45, 7) is 0. The number of rotatable bonds is 3. The minimum absolute atomic E-state index is 0.0275. The molecule has 1 N–H and O–H groups in total. The average molecular weight is 332 g/mol. The van der Waals surface area contributed by atoms with E-state index in [1.165, 1.54) is 24.8 Å². The molecule has 6 rings (SSSR count). The maximum Gasteiger partial charge on any atom is 0.251 e. The molecule has 4 aliphatic carbocycles. The zero-order chi connectivity index (χ0) is 16.9. The van der Waals surface area contributed by atoms with Crippen LogP contribution in [0.2, 0.25) is 0 Å². The van der Waals surface area contributed by atoms with E-state index in [1.807, 2.05) is 42.7 Å². The summed E-state index contributed by atoms with van der Waals surface area (Å²) in [5.41, 5.74) is 2.41. The first-order valence-electron chi connectivity index (χ1n) is 9.45. The van der Waals surface area contributed by atoms with Gasteiger partial charge in [-0.15, -0.1) is 0 Å². The molecule has 2 aromatic rings. The second-order valence-electron chi connectivity index (χ2n) is 8.58. The highest BCUT2D eigenvalue weighted by molar-refractivity contribution is 5.94. The Kier molecular flexibility index (Phi) is 3.28. The Morgan fingerprint density at radius 3 is 2.32 bits per heavy atom. The van der Waals surface area contributed by atoms with E-state index in [2.05, 4.69) is 22.4 Å². The van der Waals surface area contributed by atoms with E-state index in [4.69, 9.17) is 0 Å². The van der Waals surface area contributed by atoms with E-state index in [-0.39, 0.29) is 16.9 Å². The third kappa shape index (κ3) is 2.48. The standard InChI is InChI=1S/C22H24N2O/c25-20(18-4-2-1-3-5-18)24-22-13-16-10-17(14-22)12-21(11-16,15-22)19-6-8-23-9-7-19/h1-9,16-17H,10-15H2,(H,24,25). The van der Waals surface area contributed by atoms with Gasteiger partial charge in [0.2, 0.25) is 0 Å². The molecule has 3 heteroatoms. The van der Waals surface area contributed by atoms with Crippen LogP contribution < -0.4 is 5.32 Å². The third-order valence-corrected chi connectivity index (χ3v) is 6.77. The van der Waals surface area contributed by atoms with Crippen LogP contribution >= 0.6 is 0 Å². The minimum Gasteiger partial charge on any atom is -0.347 e. The number of amides is 1. The Labute approximate surface area is 148 Å². The van der Waals surface area contributed by atoms with Gasteiger partial charge in [-0.1, -0.05) is 18.2 Å². The topological polar surface area (TPSA) is 42.0 Å². The summed E-state index contributed by atoms with van der Waals surface area (Å²) in [7, 11) is 0. The highest BCUT2D eigenvalue weighted by atomic mass is 16.1. The Balaban J connectivity index is 1.47. The molecule has 1 heterocycles. The molecular formula is C22H24N2O. The van der Waals surface area contributed by atoms with E-state index >= 15 is 0 Å². The fourth-order valence-electron chi connectivity index (χ4n) is 6.35. The molecule has 1 aromatic carbocycles. The average Bonchev–Trinajstić information content (AvgIpc) is 2.62. The summed E-state index contributed by atoms with van der Waals surface area (Å²) in [6, 6.07) is 14.0. The fourth-order valence-corrected chi connectivity index (χ4v) is 6.35. The number of pyridine rings is 1. The molecule has 4 fully saturated rings. The lowest BCUT2D eigenvalue weighted by molar-refractivity contribution is -0.0371. The Morgan fingerprint density at radius 2 is 1.64 bits per heavy atom. The lowest BCUT2D eigenvalue weighted by Crippen LogP contribution is -2.64. The van der Waals surface area contributed by atoms with E-state index in [9.17, 15) is 4.79 Å². The molecule has 0 saturated heterocycles. The van der Waals surface area contributed by atoms with Gasteiger partial charge in [-0.25, -0.2) is 0 Å². The molecule has 4 bridgehead atoms. The van der Waals surface area contributed by atoms with Gasteiger partial charge in [-0.3, -0.25) is 9.78 Å². The fraction of sp³-hybridized carbons (Fsp3) is 0.455. The summed E-state index contributed by atoms with van der Waals surface area (Å²) in [4.78, 5) is 17.1. The Hall–Kier alpha value is -2.16. The van der Waals surface area contributed by atoms with Gasteiger partial charge in [0.1, 0.15) is 0 Å². The zero-order valence-electron chi connectivity index (χ0n) is 14.4. The van der Waals surface area contributed by atoms with Gasteiger partial charge in [0.15, 0.2) is 0 Å². The Morgan fingerprint density at radius 1 is 0.960 bits per heavy atom. The van der Waals surface area contributed by atoms with Crippen LogP contribution in [-0.4, -0.2) is 16.4 Å². The van der Waals surface area contributed by atoms with E-state index in [0.717, 1.165) is 36.7 Å². The molecule has 0 radical (unpaired) electrons. The van der Waals surface area contributed by atoms with Crippen molar-refractivity contribution in [3.63, 3.8) is 0 Å². The number of aromatic nitrogens is 1. The molecule has 25 heavy (non-hydrogen) atoms. The lowest BCUT2D eigenvalue weighted by Gasteiger charge is -2.62. The summed E-state index contributed by atoms with van der Waals surface area (Å²) >= 11 is 0. The molecular weight excluding hydrogens is 308 g/mol. The van der Waals surface area contributed by atoms with Crippen molar-refractivity contribution < 1.29 is 4.79 Å². The summed E-state index contributed by atoms with van der Waals surface area (Å²) in [6.07, 6.45) is 11.1. The number of hydrogen-bond donors (Lipinski definition) is 1. The van der Waals surface area contributed by atoms with Crippen molar-refractivity contribution in [2.24, 2.45) is 11.8 Å². The first-order valence-corrected chi connectivity index (χ1v) is 9.45. The number of hydrogen-bond acceptors (Lipinski definition) is 2. The maximum absolute atomic E-state index is 12.8. The van der Waals surface area contributed by atoms with Crippen LogP contribution in [-0.2, 0) is 5.41 Å². The number of carbonyl (C=O) groups excluding carboxylic acids is 1. The number of nitrogens with zero attached hydrogens (tertiary/aromatic N) is 1. The number of carbonyl (C=O) groups is 1. The van der Waals surface area contributed by atoms with Crippen molar-refractivity contribution in [3.05, 3.63) is 66.0 Å². The smallest absolute Gasteiger partial charge is 0.251 e. The molecule has 4 aliphatic rings. The first-order chi connectivity index (χ1) is 12.2. The van der Waals surface area contributed by atoms with Crippen molar-refractivity contribution >= 4 is 5.91 Å². The SMILES string of the molecule is O=C(NC12CC3CC(C1)CC(c1ccncc1)(C3)C2)c1ccccc1. The van der Waals surface area contributed by atoms with E-state index in [0.29, 0.717) is 0 Å². The van der Waals surface area contributed by atoms with Gasteiger partial charge in [-0.2, -0.15) is 0 Å². The van der Waals surface area contributed by atoms with Crippen molar-refractivity contribution in [1.29, 1.82) is 0 Å². The van der Waals surface area contributed by atoms with Gasteiger partial charge >= 0.3 is 0 Å². The monoisotopic (exact) mass is 332 g/mol. The minimum atomic E-state index is -0.0275. The molecule has 1 aromatic heterocycles. The zero-order valence-corrected chi connectivity index (χ0v) is 14.4. The molecule has 0 aliphatic heterocycles. The highest BCUT2D eigenvalue weighted by Gasteiger charge is 2.58. The second kappa shape index (κ2) is 5.42. The molecule has 3 nitrogen and oxygen atoms in total. The van der Waals surface area contributed by atoms with Gasteiger partial charge in [-0.05, 0) is 85.6 Å². The van der Waals surface area contributed by atoms with Crippen LogP contribution in [0.1, 0.15) is 54.4 Å². The van der Waals surface area contributed by atoms with Crippen LogP contribution in [0.15, 0.2) is 54.9 Å². The second-order valence-corrected chi connectivity index (χ2v) is 8.58. The maximum atomic E-state index is 12.8. The lowest BCUT2D eigenvalue weighted by atomic mass is 9.45. The van der Waals surface area contributed by atoms with Gasteiger partial charge in [0.25, 0.3) is 5.91 Å². The van der Waals surface area contributed by atoms with Crippen molar-refractivity contribution in [2.75, 3.05) is 0 Å². The normalized spacial score (nSPS) is 35.5. The van der Waals surface area contributed by atoms with E-state index in [1.54, 1.807) is 0 Å². The molecule has 0 spiro atoms. The summed E-state index contributed by atoms with van der Waals surface area (Å²) < 4.78 is 0.